The zero-order chi connectivity index (χ0) is 24.1. The van der Waals surface area contributed by atoms with Gasteiger partial charge in [-0.1, -0.05) is 18.2 Å². The van der Waals surface area contributed by atoms with Gasteiger partial charge in [0.15, 0.2) is 17.5 Å². The molecule has 1 aromatic carbocycles. The molecule has 8 heteroatoms. The SMILES string of the molecule is CO[C@]12C=C[C@@]3(C[C@@H]1C(C)(C)O)[C@H]1Cc4ccc(O)c5c4[C@@]3(CCN1CCCN=C(N)N)[C@H]2O5. The molecule has 0 radical (unpaired) electrons. The molecule has 4 bridgehead atoms. The van der Waals surface area contributed by atoms with E-state index in [2.05, 4.69) is 28.1 Å². The van der Waals surface area contributed by atoms with Crippen LogP contribution >= 0.6 is 0 Å². The number of rotatable bonds is 6. The average molecular weight is 469 g/mol. The Hall–Kier alpha value is -2.29. The summed E-state index contributed by atoms with van der Waals surface area (Å²) in [6, 6.07) is 4.09. The van der Waals surface area contributed by atoms with Gasteiger partial charge in [-0.3, -0.25) is 9.89 Å². The maximum atomic E-state index is 11.4. The molecule has 2 fully saturated rings. The van der Waals surface area contributed by atoms with Gasteiger partial charge in [-0.15, -0.1) is 0 Å². The lowest BCUT2D eigenvalue weighted by molar-refractivity contribution is -0.245. The summed E-state index contributed by atoms with van der Waals surface area (Å²) < 4.78 is 13.0. The van der Waals surface area contributed by atoms with E-state index in [1.54, 1.807) is 13.2 Å². The lowest BCUT2D eigenvalue weighted by Crippen LogP contribution is -2.80. The van der Waals surface area contributed by atoms with Crippen LogP contribution in [0.3, 0.4) is 0 Å². The Balaban J connectivity index is 1.52. The summed E-state index contributed by atoms with van der Waals surface area (Å²) in [6.45, 7) is 6.21. The highest BCUT2D eigenvalue weighted by molar-refractivity contribution is 5.75. The highest BCUT2D eigenvalue weighted by atomic mass is 16.6. The van der Waals surface area contributed by atoms with Crippen molar-refractivity contribution in [1.29, 1.82) is 0 Å². The smallest absolute Gasteiger partial charge is 0.185 e. The molecule has 1 saturated heterocycles. The van der Waals surface area contributed by atoms with E-state index in [0.29, 0.717) is 12.3 Å². The molecule has 8 nitrogen and oxygen atoms in total. The standard InChI is InChI=1S/C26H36N4O4/c1-23(2,32)17-14-24-7-8-26(17,33-3)21-25(24)9-12-30(11-4-10-29-22(27)28)18(24)13-15-5-6-16(31)20(34-21)19(15)25/h5-8,17-18,21,31-32H,4,9-14H2,1-3H3,(H4,27,28,29)/t17-,18-,21-,24-,25+,26-/m1/s1. The predicted molar refractivity (Wildman–Crippen MR) is 129 cm³/mol. The van der Waals surface area contributed by atoms with Crippen molar-refractivity contribution in [2.24, 2.45) is 27.8 Å². The third-order valence-electron chi connectivity index (χ3n) is 9.67. The highest BCUT2D eigenvalue weighted by Gasteiger charge is 2.80. The van der Waals surface area contributed by atoms with Gasteiger partial charge in [-0.2, -0.15) is 0 Å². The predicted octanol–water partition coefficient (Wildman–Crippen LogP) is 1.42. The number of aromatic hydroxyl groups is 1. The van der Waals surface area contributed by atoms with Crippen molar-refractivity contribution in [3.8, 4) is 11.5 Å². The number of likely N-dealkylation sites (tertiary alicyclic amines) is 1. The van der Waals surface area contributed by atoms with Crippen LogP contribution in [0.4, 0.5) is 0 Å². The number of phenols is 1. The maximum Gasteiger partial charge on any atom is 0.185 e. The van der Waals surface area contributed by atoms with E-state index in [4.69, 9.17) is 20.9 Å². The van der Waals surface area contributed by atoms with E-state index in [9.17, 15) is 10.2 Å². The molecule has 34 heavy (non-hydrogen) atoms. The number of aliphatic imine (C=N–C) groups is 1. The normalized spacial score (nSPS) is 39.0. The van der Waals surface area contributed by atoms with Gasteiger partial charge in [0.2, 0.25) is 0 Å². The largest absolute Gasteiger partial charge is 0.504 e. The first-order chi connectivity index (χ1) is 16.1. The van der Waals surface area contributed by atoms with Gasteiger partial charge in [0, 0.05) is 43.1 Å². The molecule has 1 aromatic rings. The molecule has 0 amide bonds. The molecular weight excluding hydrogens is 432 g/mol. The summed E-state index contributed by atoms with van der Waals surface area (Å²) in [7, 11) is 1.73. The van der Waals surface area contributed by atoms with Crippen LogP contribution in [0.25, 0.3) is 0 Å². The van der Waals surface area contributed by atoms with E-state index in [1.165, 1.54) is 11.1 Å². The number of fused-ring (bicyclic) bond motifs is 1. The van der Waals surface area contributed by atoms with Crippen LogP contribution in [0.1, 0.15) is 44.2 Å². The summed E-state index contributed by atoms with van der Waals surface area (Å²) in [5.74, 6) is 0.803. The zero-order valence-corrected chi connectivity index (χ0v) is 20.3. The minimum atomic E-state index is -0.956. The fourth-order valence-corrected chi connectivity index (χ4v) is 8.48. The van der Waals surface area contributed by atoms with E-state index in [0.717, 1.165) is 38.8 Å². The second-order valence-corrected chi connectivity index (χ2v) is 11.4. The number of phenolic OH excluding ortho intramolecular Hbond substituents is 1. The van der Waals surface area contributed by atoms with E-state index in [-0.39, 0.29) is 40.6 Å². The lowest BCUT2D eigenvalue weighted by Gasteiger charge is -2.72. The number of benzene rings is 1. The monoisotopic (exact) mass is 468 g/mol. The Labute approximate surface area is 200 Å². The summed E-state index contributed by atoms with van der Waals surface area (Å²) >= 11 is 0. The van der Waals surface area contributed by atoms with Crippen LogP contribution in [-0.2, 0) is 16.6 Å². The van der Waals surface area contributed by atoms with Crippen LogP contribution in [0.5, 0.6) is 11.5 Å². The molecule has 6 aliphatic rings. The minimum absolute atomic E-state index is 0.132. The van der Waals surface area contributed by atoms with Crippen LogP contribution in [0.15, 0.2) is 29.3 Å². The zero-order valence-electron chi connectivity index (χ0n) is 20.3. The summed E-state index contributed by atoms with van der Waals surface area (Å²) in [5, 5.41) is 22.2. The Morgan fingerprint density at radius 2 is 2.12 bits per heavy atom. The first kappa shape index (κ1) is 22.2. The fraction of sp³-hybridized carbons (Fsp3) is 0.654. The van der Waals surface area contributed by atoms with Crippen LogP contribution in [0, 0.1) is 11.3 Å². The summed E-state index contributed by atoms with van der Waals surface area (Å²) in [6.07, 6.45) is 7.74. The number of guanidine groups is 1. The maximum absolute atomic E-state index is 11.4. The molecule has 1 saturated carbocycles. The van der Waals surface area contributed by atoms with Gasteiger partial charge in [-0.25, -0.2) is 0 Å². The van der Waals surface area contributed by atoms with Crippen LogP contribution in [-0.4, -0.2) is 71.2 Å². The summed E-state index contributed by atoms with van der Waals surface area (Å²) in [4.78, 5) is 6.77. The molecule has 7 rings (SSSR count). The Kier molecular flexibility index (Phi) is 4.50. The molecule has 0 aromatic heterocycles. The molecular formula is C26H36N4O4. The first-order valence-corrected chi connectivity index (χ1v) is 12.4. The number of hydrogen-bond acceptors (Lipinski definition) is 6. The van der Waals surface area contributed by atoms with Crippen LogP contribution < -0.4 is 16.2 Å². The first-order valence-electron chi connectivity index (χ1n) is 12.4. The second kappa shape index (κ2) is 6.89. The average Bonchev–Trinajstić information content (AvgIpc) is 3.16. The Morgan fingerprint density at radius 1 is 1.32 bits per heavy atom. The molecule has 6 N–H and O–H groups in total. The van der Waals surface area contributed by atoms with Crippen molar-refractivity contribution in [2.45, 2.75) is 68.3 Å². The molecule has 2 spiro atoms. The van der Waals surface area contributed by atoms with Gasteiger partial charge in [0.25, 0.3) is 0 Å². The van der Waals surface area contributed by atoms with Crippen LogP contribution in [0.2, 0.25) is 0 Å². The number of nitrogens with zero attached hydrogens (tertiary/aromatic N) is 2. The van der Waals surface area contributed by atoms with E-state index >= 15 is 0 Å². The van der Waals surface area contributed by atoms with Crippen molar-refractivity contribution in [1.82, 2.24) is 4.90 Å². The van der Waals surface area contributed by atoms with Crippen molar-refractivity contribution in [3.05, 3.63) is 35.4 Å². The van der Waals surface area contributed by atoms with Gasteiger partial charge in [0.1, 0.15) is 11.7 Å². The second-order valence-electron chi connectivity index (χ2n) is 11.4. The summed E-state index contributed by atoms with van der Waals surface area (Å²) in [5.41, 5.74) is 11.3. The van der Waals surface area contributed by atoms with Crippen molar-refractivity contribution in [2.75, 3.05) is 26.7 Å². The highest BCUT2D eigenvalue weighted by Crippen LogP contribution is 2.75. The third-order valence-corrected chi connectivity index (χ3v) is 9.67. The van der Waals surface area contributed by atoms with E-state index < -0.39 is 11.2 Å². The topological polar surface area (TPSA) is 127 Å². The van der Waals surface area contributed by atoms with E-state index in [1.807, 2.05) is 13.8 Å². The molecule has 4 aliphatic carbocycles. The van der Waals surface area contributed by atoms with Gasteiger partial charge in [-0.05, 0) is 57.7 Å². The number of methoxy groups -OCH3 is 1. The molecule has 2 heterocycles. The number of nitrogens with two attached hydrogens (primary N) is 2. The van der Waals surface area contributed by atoms with Crippen molar-refractivity contribution < 1.29 is 19.7 Å². The number of ether oxygens (including phenoxy) is 2. The molecule has 2 aliphatic heterocycles. The number of piperidine rings is 1. The Morgan fingerprint density at radius 3 is 2.82 bits per heavy atom. The van der Waals surface area contributed by atoms with Crippen molar-refractivity contribution in [3.63, 3.8) is 0 Å². The third kappa shape index (κ3) is 2.46. The molecule has 6 atom stereocenters. The number of hydrogen-bond donors (Lipinski definition) is 4. The van der Waals surface area contributed by atoms with Gasteiger partial charge < -0.3 is 31.2 Å². The quantitative estimate of drug-likeness (QED) is 0.215. The van der Waals surface area contributed by atoms with Crippen molar-refractivity contribution >= 4 is 5.96 Å². The minimum Gasteiger partial charge on any atom is -0.504 e. The Bertz CT molecular complexity index is 1090. The molecule has 0 unspecified atom stereocenters. The lowest BCUT2D eigenvalue weighted by atomic mass is 9.36. The number of aliphatic hydroxyl groups is 1. The van der Waals surface area contributed by atoms with Gasteiger partial charge >= 0.3 is 0 Å². The fourth-order valence-electron chi connectivity index (χ4n) is 8.48. The molecule has 184 valence electrons. The van der Waals surface area contributed by atoms with Gasteiger partial charge in [0.05, 0.1) is 11.0 Å².